The summed E-state index contributed by atoms with van der Waals surface area (Å²) >= 11 is 0. The molecular formula is C22H26FN3O4. The molecule has 1 aromatic carbocycles. The fraction of sp³-hybridized carbons (Fsp3) is 0.500. The molecule has 4 rings (SSSR count). The van der Waals surface area contributed by atoms with E-state index in [2.05, 4.69) is 12.1 Å². The monoisotopic (exact) mass is 415 g/mol. The minimum absolute atomic E-state index is 0.0934. The van der Waals surface area contributed by atoms with E-state index in [0.29, 0.717) is 23.3 Å². The molecule has 1 saturated carbocycles. The third-order valence-corrected chi connectivity index (χ3v) is 6.04. The number of oxime groups is 1. The zero-order chi connectivity index (χ0) is 21.4. The molecule has 0 spiro atoms. The number of esters is 1. The van der Waals surface area contributed by atoms with Gasteiger partial charge in [0.05, 0.1) is 29.4 Å². The van der Waals surface area contributed by atoms with Gasteiger partial charge in [-0.3, -0.25) is 4.79 Å². The SMILES string of the molecule is CCOC(=O)c1cn(C2CC2)c2c(/C=N/O)c(N3CCCC3CC)c(F)cc2c1=O. The van der Waals surface area contributed by atoms with Gasteiger partial charge in [0.25, 0.3) is 0 Å². The Morgan fingerprint density at radius 2 is 2.13 bits per heavy atom. The van der Waals surface area contributed by atoms with Crippen molar-refractivity contribution in [3.63, 3.8) is 0 Å². The summed E-state index contributed by atoms with van der Waals surface area (Å²) < 4.78 is 22.3. The lowest BCUT2D eigenvalue weighted by Gasteiger charge is -2.29. The molecule has 7 nitrogen and oxygen atoms in total. The van der Waals surface area contributed by atoms with Gasteiger partial charge in [0.2, 0.25) is 5.43 Å². The van der Waals surface area contributed by atoms with Crippen LogP contribution in [0.4, 0.5) is 10.1 Å². The van der Waals surface area contributed by atoms with Crippen molar-refractivity contribution in [3.05, 3.63) is 39.4 Å². The van der Waals surface area contributed by atoms with Crippen molar-refractivity contribution >= 4 is 28.8 Å². The lowest BCUT2D eigenvalue weighted by Crippen LogP contribution is -2.31. The topological polar surface area (TPSA) is 84.1 Å². The van der Waals surface area contributed by atoms with Crippen molar-refractivity contribution in [3.8, 4) is 0 Å². The molecule has 2 aliphatic rings. The van der Waals surface area contributed by atoms with Crippen LogP contribution in [0.5, 0.6) is 0 Å². The maximum absolute atomic E-state index is 15.4. The highest BCUT2D eigenvalue weighted by Gasteiger charge is 2.33. The number of pyridine rings is 1. The molecule has 1 aliphatic carbocycles. The summed E-state index contributed by atoms with van der Waals surface area (Å²) in [5.74, 6) is -1.27. The number of rotatable bonds is 6. The second-order valence-electron chi connectivity index (χ2n) is 7.89. The van der Waals surface area contributed by atoms with Crippen LogP contribution in [0.3, 0.4) is 0 Å². The quantitative estimate of drug-likeness (QED) is 0.335. The van der Waals surface area contributed by atoms with Crippen LogP contribution in [0.15, 0.2) is 22.2 Å². The smallest absolute Gasteiger partial charge is 0.343 e. The Kier molecular flexibility index (Phi) is 5.49. The summed E-state index contributed by atoms with van der Waals surface area (Å²) in [6, 6.07) is 1.50. The first kappa shape index (κ1) is 20.4. The predicted molar refractivity (Wildman–Crippen MR) is 112 cm³/mol. The molecule has 1 atom stereocenters. The van der Waals surface area contributed by atoms with Crippen molar-refractivity contribution < 1.29 is 19.1 Å². The van der Waals surface area contributed by atoms with Crippen LogP contribution in [0.25, 0.3) is 10.9 Å². The van der Waals surface area contributed by atoms with Crippen LogP contribution < -0.4 is 10.3 Å². The van der Waals surface area contributed by atoms with Crippen molar-refractivity contribution in [1.82, 2.24) is 4.57 Å². The molecule has 1 unspecified atom stereocenters. The zero-order valence-corrected chi connectivity index (χ0v) is 17.2. The molecule has 1 aliphatic heterocycles. The van der Waals surface area contributed by atoms with Crippen LogP contribution in [0.1, 0.15) is 67.9 Å². The second kappa shape index (κ2) is 8.08. The van der Waals surface area contributed by atoms with Crippen LogP contribution in [-0.2, 0) is 4.74 Å². The Hall–Kier alpha value is -2.90. The fourth-order valence-corrected chi connectivity index (χ4v) is 4.53. The van der Waals surface area contributed by atoms with E-state index in [4.69, 9.17) is 4.74 Å². The van der Waals surface area contributed by atoms with Crippen LogP contribution in [-0.4, -0.2) is 41.2 Å². The molecule has 0 bridgehead atoms. The first-order valence-corrected chi connectivity index (χ1v) is 10.5. The van der Waals surface area contributed by atoms with Gasteiger partial charge in [0.1, 0.15) is 11.4 Å². The molecule has 2 fully saturated rings. The molecule has 8 heteroatoms. The summed E-state index contributed by atoms with van der Waals surface area (Å²) in [7, 11) is 0. The number of halogens is 1. The van der Waals surface area contributed by atoms with E-state index >= 15 is 4.39 Å². The van der Waals surface area contributed by atoms with Gasteiger partial charge in [-0.15, -0.1) is 0 Å². The van der Waals surface area contributed by atoms with Gasteiger partial charge in [-0.25, -0.2) is 9.18 Å². The van der Waals surface area contributed by atoms with Crippen LogP contribution in [0.2, 0.25) is 0 Å². The Morgan fingerprint density at radius 1 is 1.37 bits per heavy atom. The first-order valence-electron chi connectivity index (χ1n) is 10.5. The van der Waals surface area contributed by atoms with E-state index in [1.165, 1.54) is 18.5 Å². The minimum atomic E-state index is -0.716. The normalized spacial score (nSPS) is 19.2. The van der Waals surface area contributed by atoms with Gasteiger partial charge in [-0.2, -0.15) is 0 Å². The Morgan fingerprint density at radius 3 is 2.77 bits per heavy atom. The van der Waals surface area contributed by atoms with Gasteiger partial charge < -0.3 is 19.4 Å². The number of aromatic nitrogens is 1. The van der Waals surface area contributed by atoms with E-state index in [1.807, 2.05) is 9.47 Å². The maximum Gasteiger partial charge on any atom is 0.343 e. The molecule has 30 heavy (non-hydrogen) atoms. The summed E-state index contributed by atoms with van der Waals surface area (Å²) in [6.07, 6.45) is 7.27. The molecule has 160 valence electrons. The highest BCUT2D eigenvalue weighted by atomic mass is 19.1. The predicted octanol–water partition coefficient (Wildman–Crippen LogP) is 3.84. The van der Waals surface area contributed by atoms with E-state index in [-0.39, 0.29) is 29.6 Å². The van der Waals surface area contributed by atoms with Crippen LogP contribution >= 0.6 is 0 Å². The number of hydrogen-bond acceptors (Lipinski definition) is 6. The number of benzene rings is 1. The largest absolute Gasteiger partial charge is 0.462 e. The van der Waals surface area contributed by atoms with Crippen molar-refractivity contribution in [1.29, 1.82) is 0 Å². The maximum atomic E-state index is 15.4. The van der Waals surface area contributed by atoms with Crippen molar-refractivity contribution in [2.75, 3.05) is 18.1 Å². The fourth-order valence-electron chi connectivity index (χ4n) is 4.53. The molecule has 1 saturated heterocycles. The van der Waals surface area contributed by atoms with Gasteiger partial charge in [0.15, 0.2) is 0 Å². The molecule has 0 amide bonds. The number of nitrogens with zero attached hydrogens (tertiary/aromatic N) is 3. The van der Waals surface area contributed by atoms with E-state index < -0.39 is 17.2 Å². The third kappa shape index (κ3) is 3.34. The lowest BCUT2D eigenvalue weighted by molar-refractivity contribution is 0.0524. The summed E-state index contributed by atoms with van der Waals surface area (Å²) in [5, 5.41) is 12.6. The Bertz CT molecular complexity index is 1070. The number of anilines is 1. The number of carbonyl (C=O) groups is 1. The van der Waals surface area contributed by atoms with E-state index in [1.54, 1.807) is 6.92 Å². The number of hydrogen-bond donors (Lipinski definition) is 1. The molecule has 2 aromatic rings. The second-order valence-corrected chi connectivity index (χ2v) is 7.89. The highest BCUT2D eigenvalue weighted by molar-refractivity contribution is 6.05. The number of carbonyl (C=O) groups excluding carboxylic acids is 1. The third-order valence-electron chi connectivity index (χ3n) is 6.04. The van der Waals surface area contributed by atoms with E-state index in [0.717, 1.165) is 32.1 Å². The lowest BCUT2D eigenvalue weighted by atomic mass is 10.0. The number of fused-ring (bicyclic) bond motifs is 1. The molecule has 1 aromatic heterocycles. The minimum Gasteiger partial charge on any atom is -0.462 e. The molecule has 1 N–H and O–H groups in total. The van der Waals surface area contributed by atoms with Gasteiger partial charge >= 0.3 is 5.97 Å². The molecule has 0 radical (unpaired) electrons. The summed E-state index contributed by atoms with van der Waals surface area (Å²) in [4.78, 5) is 27.5. The Labute approximate surface area is 173 Å². The average Bonchev–Trinajstić information content (AvgIpc) is 3.46. The average molecular weight is 415 g/mol. The van der Waals surface area contributed by atoms with Gasteiger partial charge in [-0.05, 0) is 45.1 Å². The first-order chi connectivity index (χ1) is 14.5. The number of ether oxygens (including phenoxy) is 1. The highest BCUT2D eigenvalue weighted by Crippen LogP contribution is 2.41. The standard InChI is InChI=1S/C22H26FN3O4/c1-3-13-6-5-9-25(13)20-16(11-24-29)19-15(10-18(20)23)21(27)17(22(28)30-4-2)12-26(19)14-7-8-14/h10-14,29H,3-9H2,1-2H3/b24-11+. The van der Waals surface area contributed by atoms with Gasteiger partial charge in [0, 0.05) is 30.4 Å². The van der Waals surface area contributed by atoms with Gasteiger partial charge in [-0.1, -0.05) is 12.1 Å². The summed E-state index contributed by atoms with van der Waals surface area (Å²) in [5.41, 5.74) is 0.524. The Balaban J connectivity index is 2.05. The van der Waals surface area contributed by atoms with Crippen molar-refractivity contribution in [2.24, 2.45) is 5.16 Å². The molecule has 2 heterocycles. The van der Waals surface area contributed by atoms with E-state index in [9.17, 15) is 14.8 Å². The zero-order valence-electron chi connectivity index (χ0n) is 17.2. The van der Waals surface area contributed by atoms with Crippen LogP contribution in [0, 0.1) is 5.82 Å². The molecular weight excluding hydrogens is 389 g/mol. The summed E-state index contributed by atoms with van der Waals surface area (Å²) in [6.45, 7) is 4.57. The van der Waals surface area contributed by atoms with Crippen molar-refractivity contribution in [2.45, 2.75) is 58.0 Å².